The fourth-order valence-corrected chi connectivity index (χ4v) is 2.36. The normalized spacial score (nSPS) is 21.0. The van der Waals surface area contributed by atoms with E-state index in [-0.39, 0.29) is 0 Å². The maximum atomic E-state index is 2.38. The minimum atomic E-state index is 0.661. The summed E-state index contributed by atoms with van der Waals surface area (Å²) in [5.41, 5.74) is 7.64. The molecule has 0 nitrogen and oxygen atoms in total. The Kier molecular flexibility index (Phi) is 2.68. The van der Waals surface area contributed by atoms with Gasteiger partial charge in [-0.25, -0.2) is 0 Å². The zero-order chi connectivity index (χ0) is 11.0. The number of hydrogen-bond acceptors (Lipinski definition) is 0. The Morgan fingerprint density at radius 1 is 1.13 bits per heavy atom. The largest absolute Gasteiger partial charge is 0.0726 e. The highest BCUT2D eigenvalue weighted by atomic mass is 14.2. The maximum Gasteiger partial charge on any atom is -0.00559 e. The van der Waals surface area contributed by atoms with E-state index in [2.05, 4.69) is 45.9 Å². The fourth-order valence-electron chi connectivity index (χ4n) is 2.36. The number of allylic oxidation sites excluding steroid dienone is 8. The quantitative estimate of drug-likeness (QED) is 0.582. The summed E-state index contributed by atoms with van der Waals surface area (Å²) in [5.74, 6) is 0.661. The van der Waals surface area contributed by atoms with Gasteiger partial charge in [0.05, 0.1) is 0 Å². The van der Waals surface area contributed by atoms with Crippen molar-refractivity contribution in [1.29, 1.82) is 0 Å². The summed E-state index contributed by atoms with van der Waals surface area (Å²) in [4.78, 5) is 0. The summed E-state index contributed by atoms with van der Waals surface area (Å²) < 4.78 is 0. The number of hydrogen-bond donors (Lipinski definition) is 0. The van der Waals surface area contributed by atoms with Crippen molar-refractivity contribution in [1.82, 2.24) is 0 Å². The zero-order valence-corrected chi connectivity index (χ0v) is 10.2. The predicted molar refractivity (Wildman–Crippen MR) is 66.7 cm³/mol. The standard InChI is InChI=1S/C15H20/c1-10(2)13-7-5-11(3)14-8-6-12(4)15(14)9-13/h5,7-8,10H,6,9H2,1-4H3. The second kappa shape index (κ2) is 3.84. The minimum Gasteiger partial charge on any atom is -0.0726 e. The highest BCUT2D eigenvalue weighted by molar-refractivity contribution is 5.56. The molecule has 0 heteroatoms. The molecular weight excluding hydrogens is 180 g/mol. The molecule has 2 rings (SSSR count). The number of fused-ring (bicyclic) bond motifs is 1. The van der Waals surface area contributed by atoms with Crippen molar-refractivity contribution >= 4 is 0 Å². The average Bonchev–Trinajstić information content (AvgIpc) is 2.43. The third-order valence-corrected chi connectivity index (χ3v) is 3.55. The molecule has 0 spiro atoms. The summed E-state index contributed by atoms with van der Waals surface area (Å²) in [5, 5.41) is 0. The Morgan fingerprint density at radius 2 is 1.87 bits per heavy atom. The average molecular weight is 200 g/mol. The lowest BCUT2D eigenvalue weighted by Gasteiger charge is -2.13. The molecule has 0 aromatic heterocycles. The van der Waals surface area contributed by atoms with E-state index < -0.39 is 0 Å². The lowest BCUT2D eigenvalue weighted by molar-refractivity contribution is 0.741. The van der Waals surface area contributed by atoms with Gasteiger partial charge in [0.25, 0.3) is 0 Å². The first-order valence-electron chi connectivity index (χ1n) is 5.86. The van der Waals surface area contributed by atoms with Crippen molar-refractivity contribution in [2.24, 2.45) is 5.92 Å². The Bertz CT molecular complexity index is 398. The SMILES string of the molecule is CC1=CC=C(C(C)C)CC2=C(C)CC=C12. The highest BCUT2D eigenvalue weighted by Gasteiger charge is 2.19. The van der Waals surface area contributed by atoms with E-state index in [1.54, 1.807) is 16.7 Å². The van der Waals surface area contributed by atoms with Crippen LogP contribution in [0.3, 0.4) is 0 Å². The molecule has 0 unspecified atom stereocenters. The molecule has 0 amide bonds. The van der Waals surface area contributed by atoms with Gasteiger partial charge in [0.15, 0.2) is 0 Å². The van der Waals surface area contributed by atoms with E-state index in [4.69, 9.17) is 0 Å². The molecule has 2 aliphatic carbocycles. The van der Waals surface area contributed by atoms with E-state index in [1.165, 1.54) is 11.1 Å². The van der Waals surface area contributed by atoms with Gasteiger partial charge < -0.3 is 0 Å². The van der Waals surface area contributed by atoms with E-state index in [9.17, 15) is 0 Å². The van der Waals surface area contributed by atoms with Crippen molar-refractivity contribution in [2.45, 2.75) is 40.5 Å². The van der Waals surface area contributed by atoms with E-state index in [0.717, 1.165) is 12.8 Å². The third-order valence-electron chi connectivity index (χ3n) is 3.55. The van der Waals surface area contributed by atoms with Crippen molar-refractivity contribution in [2.75, 3.05) is 0 Å². The van der Waals surface area contributed by atoms with Gasteiger partial charge in [0.2, 0.25) is 0 Å². The van der Waals surface area contributed by atoms with E-state index >= 15 is 0 Å². The molecule has 0 saturated carbocycles. The molecule has 0 aromatic carbocycles. The van der Waals surface area contributed by atoms with Crippen LogP contribution in [0.5, 0.6) is 0 Å². The Labute approximate surface area is 93.1 Å². The molecule has 0 aliphatic heterocycles. The summed E-state index contributed by atoms with van der Waals surface area (Å²) in [6.45, 7) is 9.07. The topological polar surface area (TPSA) is 0 Å². The van der Waals surface area contributed by atoms with Crippen LogP contribution in [0, 0.1) is 5.92 Å². The lowest BCUT2D eigenvalue weighted by atomic mass is 9.92. The fraction of sp³-hybridized carbons (Fsp3) is 0.467. The third kappa shape index (κ3) is 1.86. The second-order valence-corrected chi connectivity index (χ2v) is 5.00. The number of rotatable bonds is 1. The molecule has 0 heterocycles. The zero-order valence-electron chi connectivity index (χ0n) is 10.2. The molecular formula is C15H20. The first kappa shape index (κ1) is 10.5. The second-order valence-electron chi connectivity index (χ2n) is 5.00. The van der Waals surface area contributed by atoms with Crippen LogP contribution in [0.1, 0.15) is 40.5 Å². The van der Waals surface area contributed by atoms with E-state index in [0.29, 0.717) is 5.92 Å². The van der Waals surface area contributed by atoms with Gasteiger partial charge in [0, 0.05) is 0 Å². The molecule has 2 aliphatic rings. The summed E-state index contributed by atoms with van der Waals surface area (Å²) in [7, 11) is 0. The molecule has 0 fully saturated rings. The summed E-state index contributed by atoms with van der Waals surface area (Å²) in [6, 6.07) is 0. The van der Waals surface area contributed by atoms with Gasteiger partial charge in [-0.1, -0.05) is 43.2 Å². The first-order chi connectivity index (χ1) is 7.09. The van der Waals surface area contributed by atoms with Crippen LogP contribution in [-0.2, 0) is 0 Å². The monoisotopic (exact) mass is 200 g/mol. The van der Waals surface area contributed by atoms with Crippen LogP contribution in [0.25, 0.3) is 0 Å². The van der Waals surface area contributed by atoms with Gasteiger partial charge in [-0.05, 0) is 49.3 Å². The van der Waals surface area contributed by atoms with Crippen LogP contribution >= 0.6 is 0 Å². The van der Waals surface area contributed by atoms with Crippen LogP contribution in [0.15, 0.2) is 46.1 Å². The van der Waals surface area contributed by atoms with Crippen LogP contribution < -0.4 is 0 Å². The molecule has 0 atom stereocenters. The first-order valence-corrected chi connectivity index (χ1v) is 5.86. The molecule has 0 N–H and O–H groups in total. The summed E-state index contributed by atoms with van der Waals surface area (Å²) >= 11 is 0. The van der Waals surface area contributed by atoms with Gasteiger partial charge in [-0.15, -0.1) is 0 Å². The van der Waals surface area contributed by atoms with Crippen LogP contribution in [0.2, 0.25) is 0 Å². The molecule has 0 radical (unpaired) electrons. The van der Waals surface area contributed by atoms with Crippen LogP contribution in [0.4, 0.5) is 0 Å². The molecule has 0 saturated heterocycles. The van der Waals surface area contributed by atoms with Crippen LogP contribution in [-0.4, -0.2) is 0 Å². The van der Waals surface area contributed by atoms with Crippen molar-refractivity contribution in [3.8, 4) is 0 Å². The lowest BCUT2D eigenvalue weighted by Crippen LogP contribution is -1.96. The van der Waals surface area contributed by atoms with Gasteiger partial charge in [-0.2, -0.15) is 0 Å². The molecule has 15 heavy (non-hydrogen) atoms. The Balaban J connectivity index is 2.42. The van der Waals surface area contributed by atoms with Crippen molar-refractivity contribution in [3.63, 3.8) is 0 Å². The molecule has 0 bridgehead atoms. The maximum absolute atomic E-state index is 2.38. The Morgan fingerprint density at radius 3 is 2.53 bits per heavy atom. The summed E-state index contributed by atoms with van der Waals surface area (Å²) in [6.07, 6.45) is 9.30. The molecule has 80 valence electrons. The smallest absolute Gasteiger partial charge is 0.00559 e. The van der Waals surface area contributed by atoms with Gasteiger partial charge in [-0.3, -0.25) is 0 Å². The van der Waals surface area contributed by atoms with Gasteiger partial charge in [0.1, 0.15) is 0 Å². The predicted octanol–water partition coefficient (Wildman–Crippen LogP) is 4.57. The highest BCUT2D eigenvalue weighted by Crippen LogP contribution is 2.38. The minimum absolute atomic E-state index is 0.661. The van der Waals surface area contributed by atoms with Crippen molar-refractivity contribution < 1.29 is 0 Å². The van der Waals surface area contributed by atoms with Crippen molar-refractivity contribution in [3.05, 3.63) is 46.1 Å². The van der Waals surface area contributed by atoms with Gasteiger partial charge >= 0.3 is 0 Å². The Hall–Kier alpha value is -1.04. The molecule has 0 aromatic rings. The van der Waals surface area contributed by atoms with E-state index in [1.807, 2.05) is 0 Å².